The number of rotatable bonds is 5. The molecule has 0 fully saturated rings. The van der Waals surface area contributed by atoms with Crippen molar-refractivity contribution < 1.29 is 0 Å². The quantitative estimate of drug-likeness (QED) is 0.761. The summed E-state index contributed by atoms with van der Waals surface area (Å²) >= 11 is 1.72. The Labute approximate surface area is 105 Å². The van der Waals surface area contributed by atoms with Crippen LogP contribution in [0.3, 0.4) is 0 Å². The van der Waals surface area contributed by atoms with Crippen LogP contribution in [0.1, 0.15) is 23.7 Å². The van der Waals surface area contributed by atoms with Crippen molar-refractivity contribution in [3.05, 3.63) is 51.6 Å². The van der Waals surface area contributed by atoms with E-state index in [1.807, 2.05) is 6.20 Å². The minimum absolute atomic E-state index is 0.551. The lowest BCUT2D eigenvalue weighted by atomic mass is 10.2. The minimum atomic E-state index is 0.551. The summed E-state index contributed by atoms with van der Waals surface area (Å²) in [6.07, 6.45) is 4.08. The standard InChI is InChI=1S/C13H17N3S/c1-10(15-7-11-2-3-17-9-11)4-12-5-13(6-14)16-8-12/h2-5,8-9,15-16H,6-7,14H2,1H3. The second kappa shape index (κ2) is 5.70. The fourth-order valence-electron chi connectivity index (χ4n) is 1.60. The average molecular weight is 247 g/mol. The van der Waals surface area contributed by atoms with Crippen molar-refractivity contribution in [1.29, 1.82) is 0 Å². The number of aromatic nitrogens is 1. The lowest BCUT2D eigenvalue weighted by molar-refractivity contribution is 0.821. The SMILES string of the molecule is CC(=Cc1c[nH]c(CN)c1)NCc1ccsc1. The maximum Gasteiger partial charge on any atom is 0.0405 e. The van der Waals surface area contributed by atoms with Gasteiger partial charge in [0.05, 0.1) is 0 Å². The number of nitrogens with one attached hydrogen (secondary N) is 2. The molecule has 0 aliphatic rings. The van der Waals surface area contributed by atoms with Crippen molar-refractivity contribution in [3.8, 4) is 0 Å². The van der Waals surface area contributed by atoms with E-state index in [2.05, 4.69) is 46.2 Å². The first-order valence-corrected chi connectivity index (χ1v) is 6.53. The number of allylic oxidation sites excluding steroid dienone is 1. The molecule has 0 amide bonds. The number of hydrogen-bond donors (Lipinski definition) is 3. The van der Waals surface area contributed by atoms with Crippen LogP contribution in [0.5, 0.6) is 0 Å². The summed E-state index contributed by atoms with van der Waals surface area (Å²) in [6.45, 7) is 3.50. The van der Waals surface area contributed by atoms with Crippen molar-refractivity contribution in [2.24, 2.45) is 5.73 Å². The molecule has 4 heteroatoms. The van der Waals surface area contributed by atoms with Gasteiger partial charge in [-0.3, -0.25) is 0 Å². The monoisotopic (exact) mass is 247 g/mol. The van der Waals surface area contributed by atoms with Crippen LogP contribution in [-0.4, -0.2) is 4.98 Å². The van der Waals surface area contributed by atoms with E-state index in [0.29, 0.717) is 6.54 Å². The van der Waals surface area contributed by atoms with Gasteiger partial charge in [0.1, 0.15) is 0 Å². The summed E-state index contributed by atoms with van der Waals surface area (Å²) in [5.74, 6) is 0. The molecule has 0 atom stereocenters. The van der Waals surface area contributed by atoms with E-state index in [-0.39, 0.29) is 0 Å². The largest absolute Gasteiger partial charge is 0.384 e. The topological polar surface area (TPSA) is 53.8 Å². The van der Waals surface area contributed by atoms with Gasteiger partial charge in [0.15, 0.2) is 0 Å². The summed E-state index contributed by atoms with van der Waals surface area (Å²) in [7, 11) is 0. The van der Waals surface area contributed by atoms with Gasteiger partial charge in [0.2, 0.25) is 0 Å². The zero-order valence-electron chi connectivity index (χ0n) is 9.86. The Morgan fingerprint density at radius 1 is 1.59 bits per heavy atom. The molecule has 0 saturated carbocycles. The molecule has 0 aliphatic carbocycles. The van der Waals surface area contributed by atoms with E-state index in [1.54, 1.807) is 11.3 Å². The zero-order chi connectivity index (χ0) is 12.1. The molecule has 2 aromatic rings. The summed E-state index contributed by atoms with van der Waals surface area (Å²) < 4.78 is 0. The van der Waals surface area contributed by atoms with Crippen LogP contribution in [-0.2, 0) is 13.1 Å². The Morgan fingerprint density at radius 3 is 3.12 bits per heavy atom. The fraction of sp³-hybridized carbons (Fsp3) is 0.231. The summed E-state index contributed by atoms with van der Waals surface area (Å²) in [6, 6.07) is 4.20. The number of hydrogen-bond acceptors (Lipinski definition) is 3. The molecular weight excluding hydrogens is 230 g/mol. The van der Waals surface area contributed by atoms with Gasteiger partial charge in [0.25, 0.3) is 0 Å². The molecule has 0 saturated heterocycles. The first kappa shape index (κ1) is 12.0. The highest BCUT2D eigenvalue weighted by atomic mass is 32.1. The summed E-state index contributed by atoms with van der Waals surface area (Å²) in [5.41, 5.74) is 10.2. The van der Waals surface area contributed by atoms with E-state index >= 15 is 0 Å². The Bertz CT molecular complexity index is 482. The number of H-pyrrole nitrogens is 1. The van der Waals surface area contributed by atoms with Gasteiger partial charge in [-0.1, -0.05) is 0 Å². The van der Waals surface area contributed by atoms with Gasteiger partial charge >= 0.3 is 0 Å². The zero-order valence-corrected chi connectivity index (χ0v) is 10.7. The molecule has 0 spiro atoms. The molecule has 3 nitrogen and oxygen atoms in total. The molecule has 0 unspecified atom stereocenters. The van der Waals surface area contributed by atoms with Crippen LogP contribution in [0, 0.1) is 0 Å². The molecule has 0 aromatic carbocycles. The molecular formula is C13H17N3S. The smallest absolute Gasteiger partial charge is 0.0405 e. The first-order valence-electron chi connectivity index (χ1n) is 5.58. The van der Waals surface area contributed by atoms with Crippen LogP contribution >= 0.6 is 11.3 Å². The Hall–Kier alpha value is -1.52. The van der Waals surface area contributed by atoms with Gasteiger partial charge in [0, 0.05) is 30.7 Å². The predicted molar refractivity (Wildman–Crippen MR) is 73.5 cm³/mol. The molecule has 17 heavy (non-hydrogen) atoms. The third-order valence-electron chi connectivity index (χ3n) is 2.52. The van der Waals surface area contributed by atoms with E-state index in [1.165, 1.54) is 5.56 Å². The number of aromatic amines is 1. The van der Waals surface area contributed by atoms with Crippen LogP contribution in [0.2, 0.25) is 0 Å². The van der Waals surface area contributed by atoms with Gasteiger partial charge in [-0.2, -0.15) is 11.3 Å². The molecule has 0 bridgehead atoms. The summed E-state index contributed by atoms with van der Waals surface area (Å²) in [5, 5.41) is 7.63. The minimum Gasteiger partial charge on any atom is -0.384 e. The van der Waals surface area contributed by atoms with E-state index < -0.39 is 0 Å². The fourth-order valence-corrected chi connectivity index (χ4v) is 2.27. The highest BCUT2D eigenvalue weighted by Crippen LogP contribution is 2.09. The second-order valence-corrected chi connectivity index (χ2v) is 4.75. The van der Waals surface area contributed by atoms with E-state index in [0.717, 1.165) is 23.5 Å². The van der Waals surface area contributed by atoms with Gasteiger partial charge in [-0.25, -0.2) is 0 Å². The molecule has 4 N–H and O–H groups in total. The van der Waals surface area contributed by atoms with Crippen molar-refractivity contribution in [1.82, 2.24) is 10.3 Å². The van der Waals surface area contributed by atoms with Crippen molar-refractivity contribution in [3.63, 3.8) is 0 Å². The Morgan fingerprint density at radius 2 is 2.47 bits per heavy atom. The van der Waals surface area contributed by atoms with Crippen LogP contribution in [0.4, 0.5) is 0 Å². The highest BCUT2D eigenvalue weighted by molar-refractivity contribution is 7.07. The highest BCUT2D eigenvalue weighted by Gasteiger charge is 1.96. The molecule has 2 aromatic heterocycles. The lowest BCUT2D eigenvalue weighted by Crippen LogP contribution is -2.09. The molecule has 2 rings (SSSR count). The number of nitrogens with two attached hydrogens (primary N) is 1. The van der Waals surface area contributed by atoms with Gasteiger partial charge in [-0.05, 0) is 47.0 Å². The molecule has 2 heterocycles. The molecule has 0 aliphatic heterocycles. The normalized spacial score (nSPS) is 11.8. The van der Waals surface area contributed by atoms with E-state index in [9.17, 15) is 0 Å². The molecule has 0 radical (unpaired) electrons. The maximum atomic E-state index is 5.55. The van der Waals surface area contributed by atoms with Gasteiger partial charge in [-0.15, -0.1) is 0 Å². The molecule has 90 valence electrons. The van der Waals surface area contributed by atoms with Gasteiger partial charge < -0.3 is 16.0 Å². The van der Waals surface area contributed by atoms with Crippen molar-refractivity contribution in [2.75, 3.05) is 0 Å². The third kappa shape index (κ3) is 3.47. The van der Waals surface area contributed by atoms with Crippen molar-refractivity contribution >= 4 is 17.4 Å². The van der Waals surface area contributed by atoms with Crippen LogP contribution in [0.15, 0.2) is 34.8 Å². The Kier molecular flexibility index (Phi) is 4.01. The van der Waals surface area contributed by atoms with Crippen molar-refractivity contribution in [2.45, 2.75) is 20.0 Å². The third-order valence-corrected chi connectivity index (χ3v) is 3.25. The Balaban J connectivity index is 1.92. The lowest BCUT2D eigenvalue weighted by Gasteiger charge is -2.04. The summed E-state index contributed by atoms with van der Waals surface area (Å²) in [4.78, 5) is 3.13. The van der Waals surface area contributed by atoms with E-state index in [4.69, 9.17) is 5.73 Å². The predicted octanol–water partition coefficient (Wildman–Crippen LogP) is 2.69. The maximum absolute atomic E-state index is 5.55. The second-order valence-electron chi connectivity index (χ2n) is 3.97. The average Bonchev–Trinajstić information content (AvgIpc) is 2.97. The first-order chi connectivity index (χ1) is 8.28. The van der Waals surface area contributed by atoms with Crippen LogP contribution in [0.25, 0.3) is 6.08 Å². The van der Waals surface area contributed by atoms with Crippen LogP contribution < -0.4 is 11.1 Å². The number of thiophene rings is 1.